The molecule has 0 saturated heterocycles. The molecule has 27 heavy (non-hydrogen) atoms. The van der Waals surface area contributed by atoms with Gasteiger partial charge < -0.3 is 15.4 Å². The average Bonchev–Trinajstić information content (AvgIpc) is 3.05. The van der Waals surface area contributed by atoms with Gasteiger partial charge in [0.1, 0.15) is 5.82 Å². The first kappa shape index (κ1) is 18.8. The number of amides is 2. The predicted molar refractivity (Wildman–Crippen MR) is 96.2 cm³/mol. The van der Waals surface area contributed by atoms with Crippen LogP contribution in [0.1, 0.15) is 19.8 Å². The topological polar surface area (TPSA) is 80.3 Å². The van der Waals surface area contributed by atoms with Crippen molar-refractivity contribution in [1.29, 1.82) is 0 Å². The largest absolute Gasteiger partial charge is 0.463 e. The van der Waals surface area contributed by atoms with E-state index in [1.165, 1.54) is 18.5 Å². The van der Waals surface area contributed by atoms with Gasteiger partial charge in [0.25, 0.3) is 0 Å². The summed E-state index contributed by atoms with van der Waals surface area (Å²) in [4.78, 5) is 28.4. The summed E-state index contributed by atoms with van der Waals surface area (Å²) in [5, 5.41) is 5.89. The average molecular weight is 375 g/mol. The van der Waals surface area contributed by atoms with Gasteiger partial charge in [-0.25, -0.2) is 14.0 Å². The van der Waals surface area contributed by atoms with E-state index < -0.39 is 24.5 Å². The van der Waals surface area contributed by atoms with Crippen molar-refractivity contribution < 1.29 is 23.1 Å². The minimum absolute atomic E-state index is 0.184. The molecule has 1 aliphatic carbocycles. The first-order chi connectivity index (χ1) is 13.0. The molecule has 1 aromatic carbocycles. The van der Waals surface area contributed by atoms with E-state index in [0.29, 0.717) is 11.1 Å². The van der Waals surface area contributed by atoms with Crippen LogP contribution in [0.2, 0.25) is 0 Å². The van der Waals surface area contributed by atoms with Crippen LogP contribution in [0.3, 0.4) is 0 Å². The fourth-order valence-corrected chi connectivity index (χ4v) is 3.13. The maximum absolute atomic E-state index is 14.1. The highest BCUT2D eigenvalue weighted by Crippen LogP contribution is 2.31. The van der Waals surface area contributed by atoms with Crippen LogP contribution in [0.15, 0.2) is 41.9 Å². The van der Waals surface area contributed by atoms with E-state index in [9.17, 15) is 18.4 Å². The number of allylic oxidation sites excluding steroid dienone is 1. The Bertz CT molecular complexity index is 909. The number of fused-ring (bicyclic) bond motifs is 1. The predicted octanol–water partition coefficient (Wildman–Crippen LogP) is 3.69. The Morgan fingerprint density at radius 1 is 1.26 bits per heavy atom. The fourth-order valence-electron chi connectivity index (χ4n) is 3.13. The molecule has 0 aliphatic heterocycles. The van der Waals surface area contributed by atoms with Gasteiger partial charge in [0.05, 0.1) is 30.7 Å². The van der Waals surface area contributed by atoms with Crippen molar-refractivity contribution >= 4 is 28.5 Å². The molecule has 0 radical (unpaired) electrons. The van der Waals surface area contributed by atoms with E-state index in [4.69, 9.17) is 4.74 Å². The Morgan fingerprint density at radius 3 is 2.81 bits per heavy atom. The molecule has 3 rings (SSSR count). The number of nitrogens with zero attached hydrogens (tertiary/aromatic N) is 1. The molecule has 1 aliphatic rings. The standard InChI is InChI=1S/C19H19F2N3O3/c1-2-27-18(25)13-6-11(8-20)7-15(13)23-19(26)24-16-10-22-9-12-4-3-5-14(21)17(12)16/h3-5,9-11H,2,6-8H2,1H3,(H2,23,24,26). The zero-order valence-corrected chi connectivity index (χ0v) is 14.7. The number of alkyl halides is 1. The molecule has 8 heteroatoms. The summed E-state index contributed by atoms with van der Waals surface area (Å²) in [5.74, 6) is -1.44. The molecule has 2 amide bonds. The summed E-state index contributed by atoms with van der Waals surface area (Å²) < 4.78 is 32.2. The van der Waals surface area contributed by atoms with Crippen LogP contribution < -0.4 is 10.6 Å². The molecule has 0 bridgehead atoms. The number of carbonyl (C=O) groups is 2. The van der Waals surface area contributed by atoms with Crippen LogP contribution in [0, 0.1) is 11.7 Å². The number of benzene rings is 1. The second-order valence-electron chi connectivity index (χ2n) is 6.21. The third kappa shape index (κ3) is 4.05. The minimum Gasteiger partial charge on any atom is -0.463 e. The summed E-state index contributed by atoms with van der Waals surface area (Å²) in [6.45, 7) is 1.25. The van der Waals surface area contributed by atoms with Gasteiger partial charge in [-0.15, -0.1) is 0 Å². The van der Waals surface area contributed by atoms with Gasteiger partial charge in [-0.2, -0.15) is 0 Å². The van der Waals surface area contributed by atoms with Crippen molar-refractivity contribution in [3.63, 3.8) is 0 Å². The Hall–Kier alpha value is -3.03. The maximum Gasteiger partial charge on any atom is 0.335 e. The van der Waals surface area contributed by atoms with E-state index in [0.717, 1.165) is 0 Å². The molecule has 0 saturated carbocycles. The Balaban J connectivity index is 1.81. The summed E-state index contributed by atoms with van der Waals surface area (Å²) >= 11 is 0. The highest BCUT2D eigenvalue weighted by atomic mass is 19.1. The second kappa shape index (κ2) is 8.11. The molecule has 1 unspecified atom stereocenters. The fraction of sp³-hybridized carbons (Fsp3) is 0.316. The molecular weight excluding hydrogens is 356 g/mol. The van der Waals surface area contributed by atoms with Crippen LogP contribution in [0.5, 0.6) is 0 Å². The van der Waals surface area contributed by atoms with Crippen LogP contribution in [-0.4, -0.2) is 30.3 Å². The van der Waals surface area contributed by atoms with Gasteiger partial charge in [0.2, 0.25) is 0 Å². The summed E-state index contributed by atoms with van der Waals surface area (Å²) in [5.41, 5.74) is 0.778. The van der Waals surface area contributed by atoms with Gasteiger partial charge >= 0.3 is 12.0 Å². The lowest BCUT2D eigenvalue weighted by Crippen LogP contribution is -2.29. The van der Waals surface area contributed by atoms with Crippen molar-refractivity contribution in [2.75, 3.05) is 18.6 Å². The van der Waals surface area contributed by atoms with Gasteiger partial charge in [0, 0.05) is 22.7 Å². The van der Waals surface area contributed by atoms with Crippen LogP contribution >= 0.6 is 0 Å². The molecule has 0 spiro atoms. The number of hydrogen-bond donors (Lipinski definition) is 2. The SMILES string of the molecule is CCOC(=O)C1=C(NC(=O)Nc2cncc3cccc(F)c23)CC(CF)C1. The second-order valence-corrected chi connectivity index (χ2v) is 6.21. The van der Waals surface area contributed by atoms with Crippen molar-refractivity contribution in [2.24, 2.45) is 5.92 Å². The van der Waals surface area contributed by atoms with Gasteiger partial charge in [-0.05, 0) is 31.7 Å². The molecule has 142 valence electrons. The number of urea groups is 1. The van der Waals surface area contributed by atoms with Crippen LogP contribution in [-0.2, 0) is 9.53 Å². The van der Waals surface area contributed by atoms with Crippen molar-refractivity contribution in [3.05, 3.63) is 47.7 Å². The lowest BCUT2D eigenvalue weighted by molar-refractivity contribution is -0.138. The first-order valence-corrected chi connectivity index (χ1v) is 8.58. The molecule has 2 aromatic rings. The normalized spacial score (nSPS) is 16.5. The van der Waals surface area contributed by atoms with Gasteiger partial charge in [-0.3, -0.25) is 9.37 Å². The highest BCUT2D eigenvalue weighted by molar-refractivity contribution is 6.02. The number of halogens is 2. The van der Waals surface area contributed by atoms with Gasteiger partial charge in [0.15, 0.2) is 0 Å². The van der Waals surface area contributed by atoms with Gasteiger partial charge in [-0.1, -0.05) is 12.1 Å². The van der Waals surface area contributed by atoms with Crippen molar-refractivity contribution in [1.82, 2.24) is 10.3 Å². The number of anilines is 1. The molecular formula is C19H19F2N3O3. The molecule has 1 aromatic heterocycles. The number of pyridine rings is 1. The van der Waals surface area contributed by atoms with E-state index in [-0.39, 0.29) is 42.0 Å². The smallest absolute Gasteiger partial charge is 0.335 e. The van der Waals surface area contributed by atoms with Crippen LogP contribution in [0.25, 0.3) is 10.8 Å². The molecule has 2 N–H and O–H groups in total. The first-order valence-electron chi connectivity index (χ1n) is 8.58. The van der Waals surface area contributed by atoms with Crippen molar-refractivity contribution in [3.8, 4) is 0 Å². The summed E-state index contributed by atoms with van der Waals surface area (Å²) in [7, 11) is 0. The summed E-state index contributed by atoms with van der Waals surface area (Å²) in [6.07, 6.45) is 3.26. The Morgan fingerprint density at radius 2 is 2.07 bits per heavy atom. The molecule has 6 nitrogen and oxygen atoms in total. The number of hydrogen-bond acceptors (Lipinski definition) is 4. The zero-order valence-electron chi connectivity index (χ0n) is 14.7. The maximum atomic E-state index is 14.1. The quantitative estimate of drug-likeness (QED) is 0.781. The number of nitrogens with one attached hydrogen (secondary N) is 2. The lowest BCUT2D eigenvalue weighted by atomic mass is 10.1. The Kier molecular flexibility index (Phi) is 5.63. The third-order valence-electron chi connectivity index (χ3n) is 4.33. The van der Waals surface area contributed by atoms with Crippen molar-refractivity contribution in [2.45, 2.75) is 19.8 Å². The monoisotopic (exact) mass is 375 g/mol. The molecule has 1 atom stereocenters. The lowest BCUT2D eigenvalue weighted by Gasteiger charge is -2.12. The zero-order chi connectivity index (χ0) is 19.4. The third-order valence-corrected chi connectivity index (χ3v) is 4.33. The number of rotatable bonds is 5. The van der Waals surface area contributed by atoms with E-state index >= 15 is 0 Å². The minimum atomic E-state index is -0.663. The number of ether oxygens (including phenoxy) is 1. The van der Waals surface area contributed by atoms with E-state index in [2.05, 4.69) is 15.6 Å². The number of carbonyl (C=O) groups excluding carboxylic acids is 2. The molecule has 0 fully saturated rings. The van der Waals surface area contributed by atoms with E-state index in [1.807, 2.05) is 0 Å². The van der Waals surface area contributed by atoms with Crippen LogP contribution in [0.4, 0.5) is 19.3 Å². The molecule has 1 heterocycles. The highest BCUT2D eigenvalue weighted by Gasteiger charge is 2.30. The number of esters is 1. The summed E-state index contributed by atoms with van der Waals surface area (Å²) in [6, 6.07) is 3.85. The van der Waals surface area contributed by atoms with E-state index in [1.54, 1.807) is 19.1 Å². The Labute approximate surface area is 154 Å². The number of aromatic nitrogens is 1.